The highest BCUT2D eigenvalue weighted by atomic mass is 32.1. The quantitative estimate of drug-likeness (QED) is 0.799. The van der Waals surface area contributed by atoms with Crippen molar-refractivity contribution in [2.75, 3.05) is 0 Å². The molecule has 0 unspecified atom stereocenters. The Balaban J connectivity index is 1.75. The maximum atomic E-state index is 10.8. The molecule has 1 aliphatic rings. The van der Waals surface area contributed by atoms with Gasteiger partial charge in [-0.2, -0.15) is 9.61 Å². The van der Waals surface area contributed by atoms with Gasteiger partial charge in [-0.3, -0.25) is 0 Å². The molecule has 6 nitrogen and oxygen atoms in total. The van der Waals surface area contributed by atoms with Gasteiger partial charge in [0.05, 0.1) is 5.56 Å². The van der Waals surface area contributed by atoms with Crippen LogP contribution in [0.3, 0.4) is 0 Å². The number of aromatic nitrogens is 4. The number of benzene rings is 1. The molecule has 0 saturated heterocycles. The third-order valence-corrected chi connectivity index (χ3v) is 4.28. The average molecular weight is 286 g/mol. The topological polar surface area (TPSA) is 80.4 Å². The molecule has 0 spiro atoms. The molecule has 0 bridgehead atoms. The standard InChI is InChI=1S/C13H10N4O2S/c18-12(19)9-5-3-8(4-6-9)11-16-17-10(7-1-2-7)14-15-13(17)20-11/h3-7H,1-2H2,(H,18,19). The van der Waals surface area contributed by atoms with Gasteiger partial charge in [0.1, 0.15) is 5.01 Å². The Labute approximate surface area is 117 Å². The minimum absolute atomic E-state index is 0.274. The Hall–Kier alpha value is -2.28. The lowest BCUT2D eigenvalue weighted by molar-refractivity contribution is 0.0697. The molecule has 1 N–H and O–H groups in total. The summed E-state index contributed by atoms with van der Waals surface area (Å²) < 4.78 is 1.81. The lowest BCUT2D eigenvalue weighted by atomic mass is 10.1. The fraction of sp³-hybridized carbons (Fsp3) is 0.231. The van der Waals surface area contributed by atoms with Crippen LogP contribution in [0.4, 0.5) is 0 Å². The molecule has 20 heavy (non-hydrogen) atoms. The third kappa shape index (κ3) is 1.78. The summed E-state index contributed by atoms with van der Waals surface area (Å²) in [7, 11) is 0. The molecule has 0 aliphatic heterocycles. The average Bonchev–Trinajstić information content (AvgIpc) is 3.08. The SMILES string of the molecule is O=C(O)c1ccc(-c2nn3c(C4CC4)nnc3s2)cc1. The van der Waals surface area contributed by atoms with Crippen LogP contribution in [-0.2, 0) is 0 Å². The number of carbonyl (C=O) groups is 1. The van der Waals surface area contributed by atoms with Crippen LogP contribution in [0, 0.1) is 0 Å². The summed E-state index contributed by atoms with van der Waals surface area (Å²) in [6.07, 6.45) is 2.31. The van der Waals surface area contributed by atoms with Crippen molar-refractivity contribution in [1.82, 2.24) is 19.8 Å². The van der Waals surface area contributed by atoms with E-state index in [1.54, 1.807) is 24.3 Å². The van der Waals surface area contributed by atoms with Crippen molar-refractivity contribution in [3.05, 3.63) is 35.7 Å². The number of hydrogen-bond acceptors (Lipinski definition) is 5. The molecular weight excluding hydrogens is 276 g/mol. The molecule has 1 aromatic carbocycles. The van der Waals surface area contributed by atoms with E-state index in [1.165, 1.54) is 11.3 Å². The van der Waals surface area contributed by atoms with E-state index in [2.05, 4.69) is 15.3 Å². The van der Waals surface area contributed by atoms with Gasteiger partial charge in [0.15, 0.2) is 5.82 Å². The van der Waals surface area contributed by atoms with Crippen molar-refractivity contribution in [2.24, 2.45) is 0 Å². The van der Waals surface area contributed by atoms with Crippen LogP contribution in [0.1, 0.15) is 34.9 Å². The molecule has 4 rings (SSSR count). The van der Waals surface area contributed by atoms with Crippen LogP contribution in [0.2, 0.25) is 0 Å². The molecule has 0 amide bonds. The first-order valence-corrected chi connectivity index (χ1v) is 7.10. The van der Waals surface area contributed by atoms with Crippen molar-refractivity contribution in [2.45, 2.75) is 18.8 Å². The van der Waals surface area contributed by atoms with Crippen molar-refractivity contribution in [1.29, 1.82) is 0 Å². The first kappa shape index (κ1) is 11.5. The minimum atomic E-state index is -0.925. The summed E-state index contributed by atoms with van der Waals surface area (Å²) in [6, 6.07) is 6.71. The minimum Gasteiger partial charge on any atom is -0.478 e. The Morgan fingerprint density at radius 1 is 1.25 bits per heavy atom. The van der Waals surface area contributed by atoms with E-state index >= 15 is 0 Å². The lowest BCUT2D eigenvalue weighted by Gasteiger charge is -1.97. The number of hydrogen-bond donors (Lipinski definition) is 1. The van der Waals surface area contributed by atoms with Gasteiger partial charge in [0, 0.05) is 11.5 Å². The van der Waals surface area contributed by atoms with E-state index in [4.69, 9.17) is 5.11 Å². The molecule has 0 atom stereocenters. The Kier molecular flexibility index (Phi) is 2.37. The smallest absolute Gasteiger partial charge is 0.335 e. The zero-order valence-electron chi connectivity index (χ0n) is 10.4. The second-order valence-electron chi connectivity index (χ2n) is 4.82. The maximum Gasteiger partial charge on any atom is 0.335 e. The van der Waals surface area contributed by atoms with Crippen LogP contribution >= 0.6 is 11.3 Å². The maximum absolute atomic E-state index is 10.8. The summed E-state index contributed by atoms with van der Waals surface area (Å²) in [4.78, 5) is 11.6. The van der Waals surface area contributed by atoms with Crippen LogP contribution in [0.25, 0.3) is 15.5 Å². The highest BCUT2D eigenvalue weighted by molar-refractivity contribution is 7.19. The first-order chi connectivity index (χ1) is 9.72. The second-order valence-corrected chi connectivity index (χ2v) is 5.77. The summed E-state index contributed by atoms with van der Waals surface area (Å²) in [5.41, 5.74) is 1.17. The van der Waals surface area contributed by atoms with Crippen molar-refractivity contribution >= 4 is 22.3 Å². The van der Waals surface area contributed by atoms with Gasteiger partial charge < -0.3 is 5.11 Å². The molecular formula is C13H10N4O2S. The zero-order chi connectivity index (χ0) is 13.7. The van der Waals surface area contributed by atoms with Gasteiger partial charge in [-0.1, -0.05) is 23.5 Å². The molecule has 2 aromatic heterocycles. The van der Waals surface area contributed by atoms with Gasteiger partial charge in [-0.05, 0) is 25.0 Å². The van der Waals surface area contributed by atoms with Gasteiger partial charge in [-0.25, -0.2) is 4.79 Å². The summed E-state index contributed by atoms with van der Waals surface area (Å²) in [5.74, 6) is 0.504. The number of nitrogens with zero attached hydrogens (tertiary/aromatic N) is 4. The van der Waals surface area contributed by atoms with Gasteiger partial charge in [0.25, 0.3) is 0 Å². The predicted octanol–water partition coefficient (Wildman–Crippen LogP) is 2.43. The molecule has 1 saturated carbocycles. The van der Waals surface area contributed by atoms with E-state index < -0.39 is 5.97 Å². The largest absolute Gasteiger partial charge is 0.478 e. The van der Waals surface area contributed by atoms with Crippen LogP contribution in [-0.4, -0.2) is 30.9 Å². The lowest BCUT2D eigenvalue weighted by Crippen LogP contribution is -1.95. The fourth-order valence-electron chi connectivity index (χ4n) is 2.10. The highest BCUT2D eigenvalue weighted by Gasteiger charge is 2.30. The first-order valence-electron chi connectivity index (χ1n) is 6.28. The van der Waals surface area contributed by atoms with Crippen molar-refractivity contribution < 1.29 is 9.90 Å². The normalized spacial score (nSPS) is 14.8. The number of carboxylic acid groups (broad SMARTS) is 1. The fourth-order valence-corrected chi connectivity index (χ4v) is 2.95. The van der Waals surface area contributed by atoms with E-state index in [-0.39, 0.29) is 5.56 Å². The number of aromatic carboxylic acids is 1. The molecule has 3 aromatic rings. The van der Waals surface area contributed by atoms with E-state index in [9.17, 15) is 4.79 Å². The summed E-state index contributed by atoms with van der Waals surface area (Å²) in [5, 5.41) is 22.6. The van der Waals surface area contributed by atoms with Crippen molar-refractivity contribution in [3.63, 3.8) is 0 Å². The monoisotopic (exact) mass is 286 g/mol. The van der Waals surface area contributed by atoms with E-state index in [0.717, 1.165) is 34.2 Å². The number of rotatable bonds is 3. The van der Waals surface area contributed by atoms with Gasteiger partial charge >= 0.3 is 5.97 Å². The van der Waals surface area contributed by atoms with Crippen LogP contribution in [0.5, 0.6) is 0 Å². The summed E-state index contributed by atoms with van der Waals surface area (Å²) in [6.45, 7) is 0. The number of carboxylic acids is 1. The second kappa shape index (κ2) is 4.11. The molecule has 100 valence electrons. The van der Waals surface area contributed by atoms with Gasteiger partial charge in [0.2, 0.25) is 4.96 Å². The third-order valence-electron chi connectivity index (χ3n) is 3.34. The van der Waals surface area contributed by atoms with Crippen LogP contribution < -0.4 is 0 Å². The molecule has 0 radical (unpaired) electrons. The summed E-state index contributed by atoms with van der Waals surface area (Å²) >= 11 is 1.46. The predicted molar refractivity (Wildman–Crippen MR) is 73.0 cm³/mol. The Bertz CT molecular complexity index is 802. The van der Waals surface area contributed by atoms with Crippen LogP contribution in [0.15, 0.2) is 24.3 Å². The van der Waals surface area contributed by atoms with E-state index in [0.29, 0.717) is 5.92 Å². The van der Waals surface area contributed by atoms with Crippen molar-refractivity contribution in [3.8, 4) is 10.6 Å². The Morgan fingerprint density at radius 2 is 2.00 bits per heavy atom. The number of fused-ring (bicyclic) bond motifs is 1. The van der Waals surface area contributed by atoms with E-state index in [1.807, 2.05) is 4.52 Å². The zero-order valence-corrected chi connectivity index (χ0v) is 11.2. The molecule has 1 fully saturated rings. The molecule has 7 heteroatoms. The molecule has 1 aliphatic carbocycles. The highest BCUT2D eigenvalue weighted by Crippen LogP contribution is 2.39. The molecule has 2 heterocycles. The Morgan fingerprint density at radius 3 is 2.65 bits per heavy atom. The van der Waals surface area contributed by atoms with Gasteiger partial charge in [-0.15, -0.1) is 10.2 Å².